The van der Waals surface area contributed by atoms with Gasteiger partial charge in [-0.1, -0.05) is 41.9 Å². The number of benzene rings is 1. The number of hydrogen-bond donors (Lipinski definition) is 2. The van der Waals surface area contributed by atoms with Crippen LogP contribution in [0.15, 0.2) is 42.6 Å². The number of nitrogens with one attached hydrogen (secondary N) is 1. The summed E-state index contributed by atoms with van der Waals surface area (Å²) in [6, 6.07) is 11.4. The van der Waals surface area contributed by atoms with Crippen LogP contribution >= 0.6 is 11.6 Å². The molecule has 20 heavy (non-hydrogen) atoms. The normalized spacial score (nSPS) is 11.9. The third kappa shape index (κ3) is 3.71. The standard InChI is InChI=1S/C15H16ClN3O/c1-10(7-11-5-3-2-4-6-11)19-15(20)12-8-14(16)18-9-13(12)17/h2-6,8-10H,7,17H2,1H3,(H,19,20). The summed E-state index contributed by atoms with van der Waals surface area (Å²) in [6.07, 6.45) is 2.14. The molecule has 1 heterocycles. The number of carbonyl (C=O) groups excluding carboxylic acids is 1. The number of halogens is 1. The Bertz CT molecular complexity index is 601. The first-order valence-corrected chi connectivity index (χ1v) is 6.70. The molecular formula is C15H16ClN3O. The predicted octanol–water partition coefficient (Wildman–Crippen LogP) is 2.68. The Kier molecular flexibility index (Phi) is 4.58. The molecule has 0 saturated heterocycles. The van der Waals surface area contributed by atoms with Gasteiger partial charge in [-0.05, 0) is 25.0 Å². The first-order valence-electron chi connectivity index (χ1n) is 6.32. The van der Waals surface area contributed by atoms with Crippen LogP contribution in [0.2, 0.25) is 5.15 Å². The molecule has 0 bridgehead atoms. The maximum absolute atomic E-state index is 12.1. The Morgan fingerprint density at radius 3 is 2.80 bits per heavy atom. The van der Waals surface area contributed by atoms with Gasteiger partial charge in [-0.25, -0.2) is 4.98 Å². The van der Waals surface area contributed by atoms with E-state index in [-0.39, 0.29) is 17.1 Å². The second-order valence-electron chi connectivity index (χ2n) is 4.66. The number of nitrogens with zero attached hydrogens (tertiary/aromatic N) is 1. The van der Waals surface area contributed by atoms with E-state index in [0.717, 1.165) is 6.42 Å². The zero-order valence-electron chi connectivity index (χ0n) is 11.1. The molecule has 2 aromatic rings. The number of aromatic nitrogens is 1. The van der Waals surface area contributed by atoms with Crippen molar-refractivity contribution in [2.45, 2.75) is 19.4 Å². The van der Waals surface area contributed by atoms with Gasteiger partial charge in [0.1, 0.15) is 5.15 Å². The summed E-state index contributed by atoms with van der Waals surface area (Å²) in [5.74, 6) is -0.241. The van der Waals surface area contributed by atoms with Crippen molar-refractivity contribution in [3.05, 3.63) is 58.9 Å². The SMILES string of the molecule is CC(Cc1ccccc1)NC(=O)c1cc(Cl)ncc1N. The maximum Gasteiger partial charge on any atom is 0.253 e. The third-order valence-electron chi connectivity index (χ3n) is 2.91. The summed E-state index contributed by atoms with van der Waals surface area (Å²) < 4.78 is 0. The van der Waals surface area contributed by atoms with Crippen LogP contribution in [0.4, 0.5) is 5.69 Å². The highest BCUT2D eigenvalue weighted by Crippen LogP contribution is 2.15. The average molecular weight is 290 g/mol. The number of anilines is 1. The minimum Gasteiger partial charge on any atom is -0.397 e. The number of hydrogen-bond acceptors (Lipinski definition) is 3. The minimum atomic E-state index is -0.241. The van der Waals surface area contributed by atoms with E-state index in [4.69, 9.17) is 17.3 Å². The number of pyridine rings is 1. The van der Waals surface area contributed by atoms with Crippen LogP contribution in [0, 0.1) is 0 Å². The number of rotatable bonds is 4. The van der Waals surface area contributed by atoms with Crippen LogP contribution in [0.3, 0.4) is 0 Å². The first-order chi connectivity index (χ1) is 9.56. The third-order valence-corrected chi connectivity index (χ3v) is 3.11. The summed E-state index contributed by atoms with van der Waals surface area (Å²) in [6.45, 7) is 1.95. The molecule has 1 unspecified atom stereocenters. The Labute approximate surface area is 123 Å². The number of nitrogen functional groups attached to an aromatic ring is 1. The molecule has 1 atom stereocenters. The van der Waals surface area contributed by atoms with E-state index >= 15 is 0 Å². The molecule has 3 N–H and O–H groups in total. The molecule has 0 radical (unpaired) electrons. The zero-order valence-corrected chi connectivity index (χ0v) is 11.9. The van der Waals surface area contributed by atoms with E-state index in [0.29, 0.717) is 11.3 Å². The fourth-order valence-electron chi connectivity index (χ4n) is 1.96. The summed E-state index contributed by atoms with van der Waals surface area (Å²) in [5.41, 5.74) is 7.57. The lowest BCUT2D eigenvalue weighted by Gasteiger charge is -2.15. The molecule has 4 nitrogen and oxygen atoms in total. The van der Waals surface area contributed by atoms with Crippen LogP contribution in [0.1, 0.15) is 22.8 Å². The van der Waals surface area contributed by atoms with Crippen molar-refractivity contribution in [3.63, 3.8) is 0 Å². The van der Waals surface area contributed by atoms with Gasteiger partial charge in [0.05, 0.1) is 17.4 Å². The summed E-state index contributed by atoms with van der Waals surface area (Å²) >= 11 is 5.78. The van der Waals surface area contributed by atoms with Gasteiger partial charge in [0.15, 0.2) is 0 Å². The maximum atomic E-state index is 12.1. The van der Waals surface area contributed by atoms with E-state index in [9.17, 15) is 4.79 Å². The quantitative estimate of drug-likeness (QED) is 0.850. The van der Waals surface area contributed by atoms with Gasteiger partial charge in [-0.2, -0.15) is 0 Å². The van der Waals surface area contributed by atoms with Gasteiger partial charge in [0, 0.05) is 6.04 Å². The molecule has 104 valence electrons. The van der Waals surface area contributed by atoms with Crippen molar-refractivity contribution < 1.29 is 4.79 Å². The molecule has 0 aliphatic carbocycles. The highest BCUT2D eigenvalue weighted by molar-refractivity contribution is 6.29. The van der Waals surface area contributed by atoms with Gasteiger partial charge in [-0.3, -0.25) is 4.79 Å². The molecule has 1 aromatic heterocycles. The molecule has 0 aliphatic rings. The van der Waals surface area contributed by atoms with E-state index in [1.807, 2.05) is 37.3 Å². The van der Waals surface area contributed by atoms with Gasteiger partial charge < -0.3 is 11.1 Å². The molecule has 1 aromatic carbocycles. The van der Waals surface area contributed by atoms with Gasteiger partial charge in [-0.15, -0.1) is 0 Å². The zero-order chi connectivity index (χ0) is 14.5. The van der Waals surface area contributed by atoms with Crippen molar-refractivity contribution in [2.24, 2.45) is 0 Å². The van der Waals surface area contributed by atoms with Gasteiger partial charge in [0.25, 0.3) is 5.91 Å². The molecule has 0 spiro atoms. The van der Waals surface area contributed by atoms with Crippen molar-refractivity contribution in [1.29, 1.82) is 0 Å². The Morgan fingerprint density at radius 1 is 1.40 bits per heavy atom. The lowest BCUT2D eigenvalue weighted by molar-refractivity contribution is 0.0941. The van der Waals surface area contributed by atoms with Crippen LogP contribution in [0.25, 0.3) is 0 Å². The predicted molar refractivity (Wildman–Crippen MR) is 80.7 cm³/mol. The molecule has 2 rings (SSSR count). The monoisotopic (exact) mass is 289 g/mol. The van der Waals surface area contributed by atoms with Crippen LogP contribution in [-0.2, 0) is 6.42 Å². The van der Waals surface area contributed by atoms with Crippen molar-refractivity contribution in [1.82, 2.24) is 10.3 Å². The second-order valence-corrected chi connectivity index (χ2v) is 5.05. The van der Waals surface area contributed by atoms with E-state index in [2.05, 4.69) is 10.3 Å². The topological polar surface area (TPSA) is 68.0 Å². The van der Waals surface area contributed by atoms with E-state index < -0.39 is 0 Å². The average Bonchev–Trinajstić information content (AvgIpc) is 2.42. The molecule has 1 amide bonds. The Morgan fingerprint density at radius 2 is 2.10 bits per heavy atom. The largest absolute Gasteiger partial charge is 0.397 e. The second kappa shape index (κ2) is 6.39. The fraction of sp³-hybridized carbons (Fsp3) is 0.200. The number of amides is 1. The Balaban J connectivity index is 2.02. The molecule has 0 aliphatic heterocycles. The minimum absolute atomic E-state index is 0.00348. The Hall–Kier alpha value is -2.07. The smallest absolute Gasteiger partial charge is 0.253 e. The lowest BCUT2D eigenvalue weighted by Crippen LogP contribution is -2.34. The fourth-order valence-corrected chi connectivity index (χ4v) is 2.12. The lowest BCUT2D eigenvalue weighted by atomic mass is 10.1. The van der Waals surface area contributed by atoms with Crippen LogP contribution < -0.4 is 11.1 Å². The summed E-state index contributed by atoms with van der Waals surface area (Å²) in [4.78, 5) is 16.0. The summed E-state index contributed by atoms with van der Waals surface area (Å²) in [7, 11) is 0. The molecule has 5 heteroatoms. The van der Waals surface area contributed by atoms with Crippen molar-refractivity contribution in [2.75, 3.05) is 5.73 Å². The highest BCUT2D eigenvalue weighted by atomic mass is 35.5. The van der Waals surface area contributed by atoms with E-state index in [1.54, 1.807) is 0 Å². The molecule has 0 saturated carbocycles. The highest BCUT2D eigenvalue weighted by Gasteiger charge is 2.14. The first kappa shape index (κ1) is 14.3. The molecular weight excluding hydrogens is 274 g/mol. The number of nitrogens with two attached hydrogens (primary N) is 1. The number of carbonyl (C=O) groups is 1. The van der Waals surface area contributed by atoms with Gasteiger partial charge in [0.2, 0.25) is 0 Å². The van der Waals surface area contributed by atoms with Crippen LogP contribution in [0.5, 0.6) is 0 Å². The van der Waals surface area contributed by atoms with Gasteiger partial charge >= 0.3 is 0 Å². The molecule has 0 fully saturated rings. The van der Waals surface area contributed by atoms with E-state index in [1.165, 1.54) is 17.8 Å². The van der Waals surface area contributed by atoms with Crippen molar-refractivity contribution >= 4 is 23.2 Å². The van der Waals surface area contributed by atoms with Crippen LogP contribution in [-0.4, -0.2) is 16.9 Å². The van der Waals surface area contributed by atoms with Crippen molar-refractivity contribution in [3.8, 4) is 0 Å². The summed E-state index contributed by atoms with van der Waals surface area (Å²) in [5, 5.41) is 3.16.